The van der Waals surface area contributed by atoms with Crippen molar-refractivity contribution in [2.75, 3.05) is 4.72 Å². The fourth-order valence-corrected chi connectivity index (χ4v) is 4.99. The van der Waals surface area contributed by atoms with Crippen molar-refractivity contribution in [2.45, 2.75) is 29.9 Å². The third-order valence-corrected chi connectivity index (χ3v) is 6.52. The highest BCUT2D eigenvalue weighted by Crippen LogP contribution is 2.45. The molecule has 0 radical (unpaired) electrons. The van der Waals surface area contributed by atoms with E-state index in [0.29, 0.717) is 21.4 Å². The lowest BCUT2D eigenvalue weighted by Crippen LogP contribution is -2.14. The normalized spacial score (nSPS) is 14.8. The zero-order chi connectivity index (χ0) is 15.9. The maximum atomic E-state index is 12.6. The van der Waals surface area contributed by atoms with E-state index in [4.69, 9.17) is 5.11 Å². The molecule has 2 N–H and O–H groups in total. The molecule has 22 heavy (non-hydrogen) atoms. The quantitative estimate of drug-likeness (QED) is 0.875. The molecule has 1 aliphatic rings. The number of carbonyl (C=O) groups is 1. The molecule has 0 amide bonds. The Labute approximate surface area is 132 Å². The van der Waals surface area contributed by atoms with E-state index in [1.807, 2.05) is 6.07 Å². The van der Waals surface area contributed by atoms with Crippen LogP contribution in [0.2, 0.25) is 0 Å². The largest absolute Gasteiger partial charge is 0.478 e. The predicted octanol–water partition coefficient (Wildman–Crippen LogP) is 3.43. The van der Waals surface area contributed by atoms with Crippen LogP contribution in [-0.4, -0.2) is 19.5 Å². The summed E-state index contributed by atoms with van der Waals surface area (Å²) in [5.41, 5.74) is 2.00. The molecule has 1 saturated carbocycles. The van der Waals surface area contributed by atoms with E-state index in [1.165, 1.54) is 29.5 Å². The Balaban J connectivity index is 1.91. The number of aromatic carboxylic acids is 1. The van der Waals surface area contributed by atoms with Crippen molar-refractivity contribution >= 4 is 33.0 Å². The zero-order valence-electron chi connectivity index (χ0n) is 11.9. The molecule has 0 spiro atoms. The second-order valence-electron chi connectivity index (χ2n) is 5.38. The van der Waals surface area contributed by atoms with Crippen LogP contribution in [0, 0.1) is 6.92 Å². The van der Waals surface area contributed by atoms with Gasteiger partial charge in [-0.2, -0.15) is 0 Å². The number of rotatable bonds is 5. The van der Waals surface area contributed by atoms with Crippen molar-refractivity contribution in [1.82, 2.24) is 0 Å². The van der Waals surface area contributed by atoms with Crippen LogP contribution in [0.3, 0.4) is 0 Å². The Morgan fingerprint density at radius 3 is 2.64 bits per heavy atom. The minimum absolute atomic E-state index is 0.134. The van der Waals surface area contributed by atoms with E-state index in [9.17, 15) is 13.2 Å². The van der Waals surface area contributed by atoms with Gasteiger partial charge in [-0.1, -0.05) is 0 Å². The average molecular weight is 337 g/mol. The molecule has 1 aromatic carbocycles. The highest BCUT2D eigenvalue weighted by atomic mass is 32.2. The number of hydrogen-bond acceptors (Lipinski definition) is 4. The van der Waals surface area contributed by atoms with Crippen LogP contribution < -0.4 is 4.72 Å². The molecule has 1 aromatic heterocycles. The number of sulfonamides is 1. The summed E-state index contributed by atoms with van der Waals surface area (Å²) >= 11 is 1.21. The van der Waals surface area contributed by atoms with Crippen LogP contribution in [-0.2, 0) is 10.0 Å². The number of benzene rings is 1. The molecule has 1 heterocycles. The van der Waals surface area contributed by atoms with Gasteiger partial charge in [-0.25, -0.2) is 13.2 Å². The van der Waals surface area contributed by atoms with Crippen molar-refractivity contribution < 1.29 is 18.3 Å². The van der Waals surface area contributed by atoms with Gasteiger partial charge in [0.25, 0.3) is 10.0 Å². The number of anilines is 1. The smallest absolute Gasteiger partial charge is 0.335 e. The van der Waals surface area contributed by atoms with E-state index >= 15 is 0 Å². The van der Waals surface area contributed by atoms with Crippen LogP contribution in [0.5, 0.6) is 0 Å². The molecular weight excluding hydrogens is 322 g/mol. The fraction of sp³-hybridized carbons (Fsp3) is 0.267. The SMILES string of the molecule is Cc1cc(C(=O)O)ccc1NS(=O)(=O)c1sccc1C1CC1. The van der Waals surface area contributed by atoms with Crippen molar-refractivity contribution in [3.05, 3.63) is 46.3 Å². The Kier molecular flexibility index (Phi) is 3.70. The number of carboxylic acids is 1. The summed E-state index contributed by atoms with van der Waals surface area (Å²) in [6.45, 7) is 1.68. The van der Waals surface area contributed by atoms with Crippen LogP contribution in [0.1, 0.15) is 40.2 Å². The maximum Gasteiger partial charge on any atom is 0.335 e. The van der Waals surface area contributed by atoms with Gasteiger partial charge in [0.2, 0.25) is 0 Å². The predicted molar refractivity (Wildman–Crippen MR) is 85.2 cm³/mol. The van der Waals surface area contributed by atoms with E-state index in [1.54, 1.807) is 12.3 Å². The number of hydrogen-bond donors (Lipinski definition) is 2. The van der Waals surface area contributed by atoms with Gasteiger partial charge in [0.15, 0.2) is 0 Å². The topological polar surface area (TPSA) is 83.5 Å². The minimum Gasteiger partial charge on any atom is -0.478 e. The third-order valence-electron chi connectivity index (χ3n) is 3.64. The van der Waals surface area contributed by atoms with Crippen molar-refractivity contribution in [3.8, 4) is 0 Å². The summed E-state index contributed by atoms with van der Waals surface area (Å²) < 4.78 is 28.1. The average Bonchev–Trinajstić information content (AvgIpc) is 3.17. The minimum atomic E-state index is -3.64. The lowest BCUT2D eigenvalue weighted by atomic mass is 10.1. The first-order valence-corrected chi connectivity index (χ1v) is 9.19. The van der Waals surface area contributed by atoms with Gasteiger partial charge >= 0.3 is 5.97 Å². The van der Waals surface area contributed by atoms with E-state index < -0.39 is 16.0 Å². The summed E-state index contributed by atoms with van der Waals surface area (Å²) in [5.74, 6) is -0.680. The van der Waals surface area contributed by atoms with Gasteiger partial charge in [-0.15, -0.1) is 11.3 Å². The Hall–Kier alpha value is -1.86. The van der Waals surface area contributed by atoms with Crippen LogP contribution in [0.15, 0.2) is 33.9 Å². The van der Waals surface area contributed by atoms with Crippen molar-refractivity contribution in [2.24, 2.45) is 0 Å². The summed E-state index contributed by atoms with van der Waals surface area (Å²) in [5, 5.41) is 10.7. The highest BCUT2D eigenvalue weighted by Gasteiger charge is 2.31. The summed E-state index contributed by atoms with van der Waals surface area (Å²) in [6, 6.07) is 6.21. The summed E-state index contributed by atoms with van der Waals surface area (Å²) in [4.78, 5) is 10.9. The van der Waals surface area contributed by atoms with Crippen LogP contribution >= 0.6 is 11.3 Å². The molecular formula is C15H15NO4S2. The third kappa shape index (κ3) is 2.86. The maximum absolute atomic E-state index is 12.6. The molecule has 2 aromatic rings. The Morgan fingerprint density at radius 1 is 1.32 bits per heavy atom. The number of carboxylic acid groups (broad SMARTS) is 1. The summed E-state index contributed by atoms with van der Waals surface area (Å²) in [7, 11) is -3.64. The standard InChI is InChI=1S/C15H15NO4S2/c1-9-8-11(14(17)18)4-5-13(9)16-22(19,20)15-12(6-7-21-15)10-2-3-10/h4-8,10,16H,2-3H2,1H3,(H,17,18). The van der Waals surface area contributed by atoms with Gasteiger partial charge in [-0.05, 0) is 66.5 Å². The second kappa shape index (κ2) is 5.40. The van der Waals surface area contributed by atoms with Gasteiger partial charge in [0, 0.05) is 0 Å². The number of thiophene rings is 1. The van der Waals surface area contributed by atoms with Crippen LogP contribution in [0.4, 0.5) is 5.69 Å². The van der Waals surface area contributed by atoms with Gasteiger partial charge in [0.05, 0.1) is 11.3 Å². The first-order valence-electron chi connectivity index (χ1n) is 6.82. The van der Waals surface area contributed by atoms with Crippen molar-refractivity contribution in [1.29, 1.82) is 0 Å². The van der Waals surface area contributed by atoms with Crippen LogP contribution in [0.25, 0.3) is 0 Å². The molecule has 3 rings (SSSR count). The lowest BCUT2D eigenvalue weighted by molar-refractivity contribution is 0.0697. The first kappa shape index (κ1) is 15.1. The molecule has 1 fully saturated rings. The van der Waals surface area contributed by atoms with Crippen molar-refractivity contribution in [3.63, 3.8) is 0 Å². The molecule has 116 valence electrons. The van der Waals surface area contributed by atoms with E-state index in [2.05, 4.69) is 4.72 Å². The van der Waals surface area contributed by atoms with Gasteiger partial charge in [-0.3, -0.25) is 4.72 Å². The number of nitrogens with one attached hydrogen (secondary N) is 1. The Morgan fingerprint density at radius 2 is 2.05 bits per heavy atom. The molecule has 7 heteroatoms. The molecule has 0 unspecified atom stereocenters. The molecule has 0 aliphatic heterocycles. The molecule has 0 saturated heterocycles. The molecule has 1 aliphatic carbocycles. The number of aryl methyl sites for hydroxylation is 1. The molecule has 5 nitrogen and oxygen atoms in total. The lowest BCUT2D eigenvalue weighted by Gasteiger charge is -2.11. The monoisotopic (exact) mass is 337 g/mol. The fourth-order valence-electron chi connectivity index (χ4n) is 2.32. The first-order chi connectivity index (χ1) is 10.4. The zero-order valence-corrected chi connectivity index (χ0v) is 13.5. The Bertz CT molecular complexity index is 835. The van der Waals surface area contributed by atoms with Gasteiger partial charge in [0.1, 0.15) is 4.21 Å². The van der Waals surface area contributed by atoms with Gasteiger partial charge < -0.3 is 5.11 Å². The molecule has 0 bridgehead atoms. The highest BCUT2D eigenvalue weighted by molar-refractivity contribution is 7.94. The summed E-state index contributed by atoms with van der Waals surface area (Å²) in [6.07, 6.45) is 2.07. The van der Waals surface area contributed by atoms with E-state index in [0.717, 1.165) is 18.4 Å². The van der Waals surface area contributed by atoms with E-state index in [-0.39, 0.29) is 5.56 Å². The molecule has 0 atom stereocenters. The second-order valence-corrected chi connectivity index (χ2v) is 8.17.